The molecule has 2 fully saturated rings. The first kappa shape index (κ1) is 29.7. The molecule has 12 nitrogen and oxygen atoms in total. The van der Waals surface area contributed by atoms with Crippen molar-refractivity contribution in [1.82, 2.24) is 19.1 Å². The quantitative estimate of drug-likeness (QED) is 0.263. The maximum absolute atomic E-state index is 13.8. The largest absolute Gasteiger partial charge is 0.506 e. The number of morpholine rings is 1. The summed E-state index contributed by atoms with van der Waals surface area (Å²) in [5.74, 6) is -0.236. The van der Waals surface area contributed by atoms with Crippen LogP contribution in [0.4, 0.5) is 11.5 Å². The number of ether oxygens (including phenoxy) is 1. The number of benzene rings is 1. The summed E-state index contributed by atoms with van der Waals surface area (Å²) in [7, 11) is 1.62. The van der Waals surface area contributed by atoms with E-state index in [-0.39, 0.29) is 38.7 Å². The molecule has 0 bridgehead atoms. The van der Waals surface area contributed by atoms with E-state index in [0.29, 0.717) is 60.7 Å². The number of nitrogens with zero attached hydrogens (tertiary/aromatic N) is 5. The molecule has 0 atom stereocenters. The van der Waals surface area contributed by atoms with Crippen molar-refractivity contribution in [2.45, 2.75) is 19.4 Å². The number of anilines is 2. The first-order valence-corrected chi connectivity index (χ1v) is 14.7. The van der Waals surface area contributed by atoms with Crippen LogP contribution in [-0.2, 0) is 23.1 Å². The first-order chi connectivity index (χ1) is 21.1. The van der Waals surface area contributed by atoms with Gasteiger partial charge in [-0.05, 0) is 42.5 Å². The lowest BCUT2D eigenvalue weighted by molar-refractivity contribution is -0.116. The highest BCUT2D eigenvalue weighted by Crippen LogP contribution is 2.36. The van der Waals surface area contributed by atoms with Crippen molar-refractivity contribution in [2.75, 3.05) is 36.5 Å². The minimum Gasteiger partial charge on any atom is -0.506 e. The summed E-state index contributed by atoms with van der Waals surface area (Å²) in [6.07, 6.45) is 9.07. The molecule has 14 heteroatoms. The van der Waals surface area contributed by atoms with Crippen molar-refractivity contribution in [3.8, 4) is 16.9 Å². The highest BCUT2D eigenvalue weighted by molar-refractivity contribution is 6.34. The summed E-state index contributed by atoms with van der Waals surface area (Å²) in [4.78, 5) is 50.4. The molecule has 2 amide bonds. The molecule has 4 aromatic rings. The average Bonchev–Trinajstić information content (AvgIpc) is 3.77. The fraction of sp³-hybridized carbons (Fsp3) is 0.300. The lowest BCUT2D eigenvalue weighted by atomic mass is 10.0. The number of aromatic hydroxyl groups is 1. The molecule has 6 rings (SSSR count). The topological polar surface area (TPSA) is 158 Å². The Hall–Kier alpha value is -4.39. The van der Waals surface area contributed by atoms with Crippen molar-refractivity contribution in [3.63, 3.8) is 0 Å². The summed E-state index contributed by atoms with van der Waals surface area (Å²) in [5.41, 5.74) is 6.25. The number of rotatable bonds is 8. The third-order valence-corrected chi connectivity index (χ3v) is 8.27. The number of allylic oxidation sites excluding steroid dienone is 1. The third-order valence-electron chi connectivity index (χ3n) is 7.68. The summed E-state index contributed by atoms with van der Waals surface area (Å²) in [5, 5.41) is 13.5. The Bertz CT molecular complexity index is 1890. The van der Waals surface area contributed by atoms with E-state index in [2.05, 4.69) is 10.3 Å². The van der Waals surface area contributed by atoms with E-state index < -0.39 is 17.6 Å². The molecule has 3 aromatic heterocycles. The number of carbonyl (C=O) groups excluding carboxylic acids is 2. The number of hydrogen-bond donors (Lipinski definition) is 3. The average molecular weight is 639 g/mol. The molecule has 1 aliphatic heterocycles. The van der Waals surface area contributed by atoms with Gasteiger partial charge >= 0.3 is 0 Å². The Morgan fingerprint density at radius 3 is 2.64 bits per heavy atom. The number of phenols is 1. The maximum Gasteiger partial charge on any atom is 0.263 e. The van der Waals surface area contributed by atoms with E-state index in [1.807, 2.05) is 17.1 Å². The van der Waals surface area contributed by atoms with Crippen LogP contribution in [-0.4, -0.2) is 62.3 Å². The zero-order valence-electron chi connectivity index (χ0n) is 23.7. The van der Waals surface area contributed by atoms with Gasteiger partial charge in [0.2, 0.25) is 5.91 Å². The number of pyridine rings is 1. The Labute approximate surface area is 261 Å². The smallest absolute Gasteiger partial charge is 0.263 e. The summed E-state index contributed by atoms with van der Waals surface area (Å²) in [6.45, 7) is 2.26. The minimum atomic E-state index is -0.890. The van der Waals surface area contributed by atoms with Crippen LogP contribution in [0.3, 0.4) is 0 Å². The van der Waals surface area contributed by atoms with E-state index in [4.69, 9.17) is 38.7 Å². The molecule has 0 unspecified atom stereocenters. The molecule has 1 aliphatic carbocycles. The van der Waals surface area contributed by atoms with Gasteiger partial charge in [0.25, 0.3) is 11.5 Å². The van der Waals surface area contributed by atoms with Gasteiger partial charge in [-0.2, -0.15) is 0 Å². The van der Waals surface area contributed by atoms with Gasteiger partial charge in [-0.3, -0.25) is 19.0 Å². The Morgan fingerprint density at radius 2 is 1.93 bits per heavy atom. The molecule has 1 saturated heterocycles. The summed E-state index contributed by atoms with van der Waals surface area (Å²) >= 11 is 12.6. The van der Waals surface area contributed by atoms with Crippen LogP contribution in [0.15, 0.2) is 41.5 Å². The second-order valence-corrected chi connectivity index (χ2v) is 11.6. The fourth-order valence-electron chi connectivity index (χ4n) is 5.11. The first-order valence-electron chi connectivity index (χ1n) is 14.0. The highest BCUT2D eigenvalue weighted by Gasteiger charge is 2.23. The molecule has 2 aliphatic rings. The molecule has 0 spiro atoms. The fourth-order valence-corrected chi connectivity index (χ4v) is 5.48. The molecule has 1 saturated carbocycles. The van der Waals surface area contributed by atoms with Crippen LogP contribution < -0.4 is 21.5 Å². The van der Waals surface area contributed by atoms with Crippen LogP contribution >= 0.6 is 23.2 Å². The van der Waals surface area contributed by atoms with E-state index in [1.54, 1.807) is 23.9 Å². The van der Waals surface area contributed by atoms with Gasteiger partial charge in [0, 0.05) is 38.0 Å². The van der Waals surface area contributed by atoms with Crippen LogP contribution in [0.2, 0.25) is 10.0 Å². The molecular weight excluding hydrogens is 609 g/mol. The second kappa shape index (κ2) is 11.9. The zero-order valence-corrected chi connectivity index (χ0v) is 25.2. The van der Waals surface area contributed by atoms with Crippen LogP contribution in [0.5, 0.6) is 5.75 Å². The van der Waals surface area contributed by atoms with Gasteiger partial charge in [0.05, 0.1) is 46.1 Å². The number of primary amides is 1. The number of aromatic nitrogens is 4. The van der Waals surface area contributed by atoms with E-state index in [1.165, 1.54) is 22.9 Å². The Morgan fingerprint density at radius 1 is 1.18 bits per heavy atom. The van der Waals surface area contributed by atoms with Crippen molar-refractivity contribution < 1.29 is 19.4 Å². The standard InChI is InChI=1S/C30H29Cl2N7O5/c1-37-23(5-4-16-2-3-16)36-29-26(30(37)43)19(17-10-18(28(33)42)27(41)20(31)11-17)14-39(29)15-25(40)35-22-12-24(34-13-21(22)32)38-6-8-44-9-7-38/h4-5,10-14,16,41H,2-3,6-9,15H2,1H3,(H2,33,42)(H,34,35,40). The number of nitrogens with two attached hydrogens (primary N) is 1. The van der Waals surface area contributed by atoms with Gasteiger partial charge in [0.15, 0.2) is 0 Å². The molecule has 4 N–H and O–H groups in total. The van der Waals surface area contributed by atoms with Crippen LogP contribution in [0, 0.1) is 5.92 Å². The van der Waals surface area contributed by atoms with Crippen molar-refractivity contribution in [1.29, 1.82) is 0 Å². The molecule has 1 aromatic carbocycles. The third kappa shape index (κ3) is 5.88. The highest BCUT2D eigenvalue weighted by atomic mass is 35.5. The van der Waals surface area contributed by atoms with E-state index in [9.17, 15) is 19.5 Å². The number of amides is 2. The van der Waals surface area contributed by atoms with Crippen LogP contribution in [0.1, 0.15) is 29.0 Å². The molecular formula is C30H29Cl2N7O5. The number of hydrogen-bond acceptors (Lipinski definition) is 8. The zero-order chi connectivity index (χ0) is 31.1. The predicted molar refractivity (Wildman–Crippen MR) is 168 cm³/mol. The number of halogens is 2. The minimum absolute atomic E-state index is 0.118. The summed E-state index contributed by atoms with van der Waals surface area (Å²) in [6, 6.07) is 4.49. The van der Waals surface area contributed by atoms with Gasteiger partial charge < -0.3 is 30.4 Å². The maximum atomic E-state index is 13.8. The Kier molecular flexibility index (Phi) is 8.06. The van der Waals surface area contributed by atoms with Gasteiger partial charge in [0.1, 0.15) is 29.6 Å². The van der Waals surface area contributed by atoms with Gasteiger partial charge in [-0.1, -0.05) is 29.3 Å². The van der Waals surface area contributed by atoms with Gasteiger partial charge in [-0.25, -0.2) is 9.97 Å². The lowest BCUT2D eigenvalue weighted by Gasteiger charge is -2.28. The lowest BCUT2D eigenvalue weighted by Crippen LogP contribution is -2.36. The summed E-state index contributed by atoms with van der Waals surface area (Å²) < 4.78 is 8.40. The molecule has 44 heavy (non-hydrogen) atoms. The van der Waals surface area contributed by atoms with E-state index in [0.717, 1.165) is 12.8 Å². The predicted octanol–water partition coefficient (Wildman–Crippen LogP) is 3.81. The number of nitrogens with one attached hydrogen (secondary N) is 1. The van der Waals surface area contributed by atoms with E-state index >= 15 is 0 Å². The van der Waals surface area contributed by atoms with Crippen molar-refractivity contribution in [3.05, 3.63) is 68.5 Å². The normalized spacial score (nSPS) is 15.3. The van der Waals surface area contributed by atoms with Crippen LogP contribution in [0.25, 0.3) is 28.2 Å². The molecule has 228 valence electrons. The number of fused-ring (bicyclic) bond motifs is 1. The van der Waals surface area contributed by atoms with Crippen molar-refractivity contribution >= 4 is 63.6 Å². The number of carbonyl (C=O) groups is 2. The van der Waals surface area contributed by atoms with Gasteiger partial charge in [-0.15, -0.1) is 0 Å². The van der Waals surface area contributed by atoms with Crippen molar-refractivity contribution in [2.24, 2.45) is 18.7 Å². The SMILES string of the molecule is Cn1c(C=CC2CC2)nc2c(c(-c3cc(Cl)c(O)c(C(N)=O)c3)cn2CC(=O)Nc2cc(N3CCOCC3)ncc2Cl)c1=O. The monoisotopic (exact) mass is 637 g/mol. The molecule has 4 heterocycles. The second-order valence-electron chi connectivity index (χ2n) is 10.8. The molecule has 0 radical (unpaired) electrons. The Balaban J connectivity index is 1.41.